The molecule has 2 rings (SSSR count). The van der Waals surface area contributed by atoms with Crippen molar-refractivity contribution < 1.29 is 8.42 Å². The molecule has 1 aromatic rings. The minimum atomic E-state index is -3.47. The largest absolute Gasteiger partial charge is 0.316 e. The average molecular weight is 286 g/mol. The third-order valence-corrected chi connectivity index (χ3v) is 5.51. The molecular formula is C12H22N4O2S. The van der Waals surface area contributed by atoms with Crippen molar-refractivity contribution >= 4 is 10.0 Å². The first kappa shape index (κ1) is 14.5. The van der Waals surface area contributed by atoms with E-state index < -0.39 is 10.0 Å². The molecule has 0 spiro atoms. The number of piperidine rings is 1. The molecule has 2 unspecified atom stereocenters. The molecule has 1 aliphatic heterocycles. The Labute approximate surface area is 114 Å². The van der Waals surface area contributed by atoms with Gasteiger partial charge in [-0.05, 0) is 45.2 Å². The van der Waals surface area contributed by atoms with Gasteiger partial charge >= 0.3 is 0 Å². The molecule has 0 amide bonds. The van der Waals surface area contributed by atoms with Crippen molar-refractivity contribution in [1.82, 2.24) is 20.2 Å². The van der Waals surface area contributed by atoms with Crippen LogP contribution in [0.3, 0.4) is 0 Å². The van der Waals surface area contributed by atoms with Crippen LogP contribution in [0.5, 0.6) is 0 Å². The number of sulfonamides is 1. The maximum Gasteiger partial charge on any atom is 0.244 e. The van der Waals surface area contributed by atoms with Gasteiger partial charge in [0.1, 0.15) is 4.90 Å². The number of aromatic nitrogens is 2. The fourth-order valence-corrected chi connectivity index (χ4v) is 4.06. The van der Waals surface area contributed by atoms with E-state index in [2.05, 4.69) is 27.2 Å². The summed E-state index contributed by atoms with van der Waals surface area (Å²) in [6.07, 6.45) is 1.01. The van der Waals surface area contributed by atoms with Gasteiger partial charge in [0.15, 0.2) is 0 Å². The van der Waals surface area contributed by atoms with Gasteiger partial charge in [0, 0.05) is 6.54 Å². The highest BCUT2D eigenvalue weighted by Gasteiger charge is 2.26. The molecule has 7 heteroatoms. The molecule has 3 N–H and O–H groups in total. The predicted octanol–water partition coefficient (Wildman–Crippen LogP) is 0.550. The summed E-state index contributed by atoms with van der Waals surface area (Å²) in [4.78, 5) is 0.286. The van der Waals surface area contributed by atoms with E-state index in [1.807, 2.05) is 0 Å². The molecule has 0 aliphatic carbocycles. The highest BCUT2D eigenvalue weighted by atomic mass is 32.2. The number of aromatic amines is 1. The summed E-state index contributed by atoms with van der Waals surface area (Å²) < 4.78 is 27.3. The van der Waals surface area contributed by atoms with E-state index in [1.54, 1.807) is 13.8 Å². The second-order valence-corrected chi connectivity index (χ2v) is 7.05. The molecule has 1 aromatic heterocycles. The Kier molecular flexibility index (Phi) is 4.27. The maximum atomic E-state index is 12.3. The standard InChI is InChI=1S/C12H22N4O2S/c1-8-6-13-5-4-11(8)7-14-19(17,18)12-9(2)15-16-10(12)3/h8,11,13-14H,4-7H2,1-3H3,(H,15,16). The lowest BCUT2D eigenvalue weighted by Gasteiger charge is -2.29. The smallest absolute Gasteiger partial charge is 0.244 e. The Bertz CT molecular complexity index is 518. The number of rotatable bonds is 4. The van der Waals surface area contributed by atoms with Crippen LogP contribution in [0.25, 0.3) is 0 Å². The van der Waals surface area contributed by atoms with Crippen LogP contribution >= 0.6 is 0 Å². The molecule has 2 heterocycles. The van der Waals surface area contributed by atoms with Crippen molar-refractivity contribution in [1.29, 1.82) is 0 Å². The number of hydrogen-bond donors (Lipinski definition) is 3. The van der Waals surface area contributed by atoms with Crippen molar-refractivity contribution in [3.63, 3.8) is 0 Å². The molecular weight excluding hydrogens is 264 g/mol. The fraction of sp³-hybridized carbons (Fsp3) is 0.750. The molecule has 108 valence electrons. The molecule has 0 radical (unpaired) electrons. The van der Waals surface area contributed by atoms with Gasteiger partial charge in [0.2, 0.25) is 10.0 Å². The van der Waals surface area contributed by atoms with Gasteiger partial charge in [0.25, 0.3) is 0 Å². The Balaban J connectivity index is 2.06. The van der Waals surface area contributed by atoms with E-state index in [-0.39, 0.29) is 4.90 Å². The summed E-state index contributed by atoms with van der Waals surface area (Å²) in [6.45, 7) is 7.98. The van der Waals surface area contributed by atoms with Crippen LogP contribution < -0.4 is 10.0 Å². The van der Waals surface area contributed by atoms with E-state index in [4.69, 9.17) is 0 Å². The first-order valence-corrected chi connectivity index (χ1v) is 8.12. The van der Waals surface area contributed by atoms with Crippen LogP contribution in [-0.2, 0) is 10.0 Å². The molecule has 1 fully saturated rings. The van der Waals surface area contributed by atoms with Gasteiger partial charge in [-0.15, -0.1) is 0 Å². The summed E-state index contributed by atoms with van der Waals surface area (Å²) in [5, 5.41) is 9.96. The second-order valence-electron chi connectivity index (χ2n) is 5.35. The van der Waals surface area contributed by atoms with Crippen LogP contribution in [0.15, 0.2) is 4.90 Å². The zero-order valence-corrected chi connectivity index (χ0v) is 12.5. The van der Waals surface area contributed by atoms with Crippen LogP contribution in [0.2, 0.25) is 0 Å². The van der Waals surface area contributed by atoms with Gasteiger partial charge < -0.3 is 5.32 Å². The topological polar surface area (TPSA) is 86.9 Å². The van der Waals surface area contributed by atoms with Gasteiger partial charge in [-0.3, -0.25) is 5.10 Å². The van der Waals surface area contributed by atoms with Gasteiger partial charge in [-0.1, -0.05) is 6.92 Å². The monoisotopic (exact) mass is 286 g/mol. The number of nitrogens with one attached hydrogen (secondary N) is 3. The van der Waals surface area contributed by atoms with Crippen LogP contribution in [0.4, 0.5) is 0 Å². The molecule has 0 aromatic carbocycles. The van der Waals surface area contributed by atoms with E-state index >= 15 is 0 Å². The normalized spacial score (nSPS) is 24.6. The molecule has 2 atom stereocenters. The minimum absolute atomic E-state index is 0.286. The Morgan fingerprint density at radius 2 is 2.16 bits per heavy atom. The summed E-state index contributed by atoms with van der Waals surface area (Å²) in [6, 6.07) is 0. The predicted molar refractivity (Wildman–Crippen MR) is 73.4 cm³/mol. The summed E-state index contributed by atoms with van der Waals surface area (Å²) in [5.41, 5.74) is 1.10. The lowest BCUT2D eigenvalue weighted by atomic mass is 9.88. The maximum absolute atomic E-state index is 12.3. The Morgan fingerprint density at radius 3 is 2.74 bits per heavy atom. The number of aryl methyl sites for hydroxylation is 2. The third-order valence-electron chi connectivity index (χ3n) is 3.83. The molecule has 0 bridgehead atoms. The first-order chi connectivity index (χ1) is 8.92. The van der Waals surface area contributed by atoms with Crippen molar-refractivity contribution in [2.75, 3.05) is 19.6 Å². The van der Waals surface area contributed by atoms with Gasteiger partial charge in [0.05, 0.1) is 11.4 Å². The van der Waals surface area contributed by atoms with Crippen molar-refractivity contribution in [3.05, 3.63) is 11.4 Å². The number of H-pyrrole nitrogens is 1. The molecule has 19 heavy (non-hydrogen) atoms. The quantitative estimate of drug-likeness (QED) is 0.754. The average Bonchev–Trinajstić information content (AvgIpc) is 2.69. The highest BCUT2D eigenvalue weighted by molar-refractivity contribution is 7.89. The third kappa shape index (κ3) is 3.16. The van der Waals surface area contributed by atoms with Gasteiger partial charge in [-0.2, -0.15) is 5.10 Å². The van der Waals surface area contributed by atoms with E-state index in [1.165, 1.54) is 0 Å². The zero-order valence-electron chi connectivity index (χ0n) is 11.7. The summed E-state index contributed by atoms with van der Waals surface area (Å²) in [5.74, 6) is 0.881. The number of hydrogen-bond acceptors (Lipinski definition) is 4. The fourth-order valence-electron chi connectivity index (χ4n) is 2.60. The second kappa shape index (κ2) is 5.60. The Hall–Kier alpha value is -0.920. The summed E-state index contributed by atoms with van der Waals surface area (Å²) >= 11 is 0. The molecule has 1 aliphatic rings. The highest BCUT2D eigenvalue weighted by Crippen LogP contribution is 2.20. The van der Waals surface area contributed by atoms with Crippen LogP contribution in [-0.4, -0.2) is 38.2 Å². The van der Waals surface area contributed by atoms with Crippen LogP contribution in [0.1, 0.15) is 24.7 Å². The van der Waals surface area contributed by atoms with Gasteiger partial charge in [-0.25, -0.2) is 13.1 Å². The Morgan fingerprint density at radius 1 is 1.42 bits per heavy atom. The van der Waals surface area contributed by atoms with Crippen molar-refractivity contribution in [2.24, 2.45) is 11.8 Å². The molecule has 1 saturated heterocycles. The van der Waals surface area contributed by atoms with E-state index in [0.29, 0.717) is 29.8 Å². The zero-order chi connectivity index (χ0) is 14.0. The van der Waals surface area contributed by atoms with Crippen LogP contribution in [0, 0.1) is 25.7 Å². The van der Waals surface area contributed by atoms with E-state index in [9.17, 15) is 8.42 Å². The summed E-state index contributed by atoms with van der Waals surface area (Å²) in [7, 11) is -3.47. The van der Waals surface area contributed by atoms with E-state index in [0.717, 1.165) is 19.5 Å². The molecule has 6 nitrogen and oxygen atoms in total. The van der Waals surface area contributed by atoms with Crippen molar-refractivity contribution in [2.45, 2.75) is 32.1 Å². The molecule has 0 saturated carbocycles. The number of nitrogens with zero attached hydrogens (tertiary/aromatic N) is 1. The SMILES string of the molecule is Cc1n[nH]c(C)c1S(=O)(=O)NCC1CCNCC1C. The minimum Gasteiger partial charge on any atom is -0.316 e. The van der Waals surface area contributed by atoms with Crippen molar-refractivity contribution in [3.8, 4) is 0 Å². The lowest BCUT2D eigenvalue weighted by Crippen LogP contribution is -2.41. The lowest BCUT2D eigenvalue weighted by molar-refractivity contribution is 0.274. The first-order valence-electron chi connectivity index (χ1n) is 6.63.